The molecule has 1 aromatic rings. The lowest BCUT2D eigenvalue weighted by atomic mass is 9.77. The number of rotatable bonds is 0. The highest BCUT2D eigenvalue weighted by atomic mass is 32.2. The van der Waals surface area contributed by atoms with Crippen LogP contribution in [-0.2, 0) is 0 Å². The molecule has 1 N–H and O–H groups in total. The lowest BCUT2D eigenvalue weighted by molar-refractivity contribution is -0.0257. The summed E-state index contributed by atoms with van der Waals surface area (Å²) in [6.07, 6.45) is 0.945. The van der Waals surface area contributed by atoms with Crippen molar-refractivity contribution in [1.82, 2.24) is 0 Å². The van der Waals surface area contributed by atoms with E-state index in [1.54, 1.807) is 6.07 Å². The van der Waals surface area contributed by atoms with E-state index in [1.807, 2.05) is 11.8 Å². The van der Waals surface area contributed by atoms with Crippen LogP contribution in [0.4, 0.5) is 4.39 Å². The van der Waals surface area contributed by atoms with Gasteiger partial charge in [-0.15, -0.1) is 0 Å². The van der Waals surface area contributed by atoms with Crippen LogP contribution in [0.5, 0.6) is 5.75 Å². The SMILES string of the molecule is CC1(C)CSCC2(CC(O)c3ccc(F)cc3O2)C1. The van der Waals surface area contributed by atoms with Crippen LogP contribution in [0.1, 0.15) is 38.4 Å². The van der Waals surface area contributed by atoms with Crippen LogP contribution in [0, 0.1) is 11.2 Å². The van der Waals surface area contributed by atoms with E-state index in [1.165, 1.54) is 12.1 Å². The van der Waals surface area contributed by atoms with Gasteiger partial charge >= 0.3 is 0 Å². The quantitative estimate of drug-likeness (QED) is 0.789. The van der Waals surface area contributed by atoms with Crippen molar-refractivity contribution < 1.29 is 14.2 Å². The van der Waals surface area contributed by atoms with E-state index in [4.69, 9.17) is 4.74 Å². The smallest absolute Gasteiger partial charge is 0.128 e. The molecule has 2 heterocycles. The predicted octanol–water partition coefficient (Wildman–Crippen LogP) is 3.54. The van der Waals surface area contributed by atoms with E-state index >= 15 is 0 Å². The molecule has 0 aromatic heterocycles. The number of hydrogen-bond acceptors (Lipinski definition) is 3. The van der Waals surface area contributed by atoms with Crippen molar-refractivity contribution in [2.75, 3.05) is 11.5 Å². The van der Waals surface area contributed by atoms with Gasteiger partial charge in [-0.2, -0.15) is 11.8 Å². The van der Waals surface area contributed by atoms with Gasteiger partial charge < -0.3 is 9.84 Å². The first-order valence-corrected chi connectivity index (χ1v) is 7.79. The van der Waals surface area contributed by atoms with E-state index in [9.17, 15) is 9.50 Å². The van der Waals surface area contributed by atoms with Gasteiger partial charge in [-0.25, -0.2) is 4.39 Å². The second-order valence-electron chi connectivity index (χ2n) is 6.52. The Morgan fingerprint density at radius 3 is 2.89 bits per heavy atom. The van der Waals surface area contributed by atoms with Gasteiger partial charge in [0.05, 0.1) is 6.10 Å². The number of ether oxygens (including phenoxy) is 1. The van der Waals surface area contributed by atoms with Gasteiger partial charge in [0.25, 0.3) is 0 Å². The third-order valence-electron chi connectivity index (χ3n) is 3.89. The zero-order valence-electron chi connectivity index (χ0n) is 11.3. The second kappa shape index (κ2) is 4.38. The first-order valence-electron chi connectivity index (χ1n) is 6.64. The van der Waals surface area contributed by atoms with Crippen LogP contribution < -0.4 is 4.74 Å². The number of aliphatic hydroxyl groups is 1. The Bertz CT molecular complexity index is 503. The highest BCUT2D eigenvalue weighted by Crippen LogP contribution is 2.49. The molecule has 0 aliphatic carbocycles. The Morgan fingerprint density at radius 2 is 2.16 bits per heavy atom. The molecule has 2 aliphatic heterocycles. The monoisotopic (exact) mass is 282 g/mol. The molecule has 3 rings (SSSR count). The molecule has 0 amide bonds. The topological polar surface area (TPSA) is 29.5 Å². The normalized spacial score (nSPS) is 32.7. The van der Waals surface area contributed by atoms with Gasteiger partial charge in [0.1, 0.15) is 17.2 Å². The third kappa shape index (κ3) is 2.48. The number of halogens is 1. The summed E-state index contributed by atoms with van der Waals surface area (Å²) in [5, 5.41) is 10.3. The van der Waals surface area contributed by atoms with Crippen molar-refractivity contribution in [1.29, 1.82) is 0 Å². The fraction of sp³-hybridized carbons (Fsp3) is 0.600. The minimum absolute atomic E-state index is 0.188. The van der Waals surface area contributed by atoms with E-state index < -0.39 is 6.10 Å². The maximum absolute atomic E-state index is 13.4. The van der Waals surface area contributed by atoms with E-state index in [2.05, 4.69) is 13.8 Å². The fourth-order valence-corrected chi connectivity index (χ4v) is 4.70. The van der Waals surface area contributed by atoms with Crippen LogP contribution in [0.25, 0.3) is 0 Å². The summed E-state index contributed by atoms with van der Waals surface area (Å²) in [6.45, 7) is 4.44. The van der Waals surface area contributed by atoms with E-state index in [0.717, 1.165) is 17.9 Å². The Kier molecular flexibility index (Phi) is 3.06. The van der Waals surface area contributed by atoms with Crippen molar-refractivity contribution in [2.45, 2.75) is 38.4 Å². The lowest BCUT2D eigenvalue weighted by Gasteiger charge is -2.48. The fourth-order valence-electron chi connectivity index (χ4n) is 3.29. The van der Waals surface area contributed by atoms with Gasteiger partial charge in [0, 0.05) is 23.8 Å². The Hall–Kier alpha value is -0.740. The zero-order chi connectivity index (χ0) is 13.7. The summed E-state index contributed by atoms with van der Waals surface area (Å²) in [4.78, 5) is 0. The molecule has 19 heavy (non-hydrogen) atoms. The van der Waals surface area contributed by atoms with Crippen molar-refractivity contribution in [2.24, 2.45) is 5.41 Å². The summed E-state index contributed by atoms with van der Waals surface area (Å²) in [6, 6.07) is 4.40. The average molecular weight is 282 g/mol. The van der Waals surface area contributed by atoms with Gasteiger partial charge in [0.2, 0.25) is 0 Å². The van der Waals surface area contributed by atoms with Crippen molar-refractivity contribution in [3.8, 4) is 5.75 Å². The third-order valence-corrected chi connectivity index (χ3v) is 5.60. The summed E-state index contributed by atoms with van der Waals surface area (Å²) in [7, 11) is 0. The molecular weight excluding hydrogens is 263 g/mol. The Balaban J connectivity index is 1.95. The Morgan fingerprint density at radius 1 is 1.37 bits per heavy atom. The summed E-state index contributed by atoms with van der Waals surface area (Å²) in [5.74, 6) is 2.16. The molecule has 4 heteroatoms. The molecule has 2 unspecified atom stereocenters. The number of thioether (sulfide) groups is 1. The van der Waals surface area contributed by atoms with E-state index in [0.29, 0.717) is 17.7 Å². The van der Waals surface area contributed by atoms with Gasteiger partial charge in [-0.1, -0.05) is 13.8 Å². The number of aliphatic hydroxyl groups excluding tert-OH is 1. The second-order valence-corrected chi connectivity index (χ2v) is 7.51. The van der Waals surface area contributed by atoms with Gasteiger partial charge in [-0.3, -0.25) is 0 Å². The first-order chi connectivity index (χ1) is 8.89. The summed E-state index contributed by atoms with van der Waals surface area (Å²) in [5.41, 5.74) is 0.542. The number of fused-ring (bicyclic) bond motifs is 1. The zero-order valence-corrected chi connectivity index (χ0v) is 12.1. The largest absolute Gasteiger partial charge is 0.486 e. The standard InChI is InChI=1S/C15H19FO2S/c1-14(2)7-15(9-19-8-14)6-12(17)11-4-3-10(16)5-13(11)18-15/h3-5,12,17H,6-9H2,1-2H3. The van der Waals surface area contributed by atoms with Crippen molar-refractivity contribution >= 4 is 11.8 Å². The van der Waals surface area contributed by atoms with Gasteiger partial charge in [0.15, 0.2) is 0 Å². The first kappa shape index (κ1) is 13.3. The summed E-state index contributed by atoms with van der Waals surface area (Å²) < 4.78 is 19.5. The predicted molar refractivity (Wildman–Crippen MR) is 75.1 cm³/mol. The maximum atomic E-state index is 13.4. The molecule has 0 radical (unpaired) electrons. The lowest BCUT2D eigenvalue weighted by Crippen LogP contribution is -2.50. The van der Waals surface area contributed by atoms with Gasteiger partial charge in [-0.05, 0) is 29.7 Å². The average Bonchev–Trinajstić information content (AvgIpc) is 2.25. The highest BCUT2D eigenvalue weighted by molar-refractivity contribution is 7.99. The minimum atomic E-state index is -0.557. The minimum Gasteiger partial charge on any atom is -0.486 e. The van der Waals surface area contributed by atoms with Crippen LogP contribution in [-0.4, -0.2) is 22.2 Å². The molecule has 0 bridgehead atoms. The Labute approximate surface area is 117 Å². The molecule has 0 saturated carbocycles. The molecule has 2 aliphatic rings. The van der Waals surface area contributed by atoms with Crippen LogP contribution in [0.15, 0.2) is 18.2 Å². The number of hydrogen-bond donors (Lipinski definition) is 1. The van der Waals surface area contributed by atoms with Crippen LogP contribution in [0.2, 0.25) is 0 Å². The van der Waals surface area contributed by atoms with Crippen molar-refractivity contribution in [3.05, 3.63) is 29.6 Å². The van der Waals surface area contributed by atoms with Crippen molar-refractivity contribution in [3.63, 3.8) is 0 Å². The van der Waals surface area contributed by atoms with Crippen LogP contribution in [0.3, 0.4) is 0 Å². The molecular formula is C15H19FO2S. The molecule has 1 aromatic carbocycles. The molecule has 1 saturated heterocycles. The van der Waals surface area contributed by atoms with E-state index in [-0.39, 0.29) is 16.8 Å². The molecule has 2 atom stereocenters. The summed E-state index contributed by atoms with van der Waals surface area (Å²) >= 11 is 1.86. The highest BCUT2D eigenvalue weighted by Gasteiger charge is 2.46. The molecule has 1 spiro atoms. The van der Waals surface area contributed by atoms with Crippen LogP contribution >= 0.6 is 11.8 Å². The molecule has 2 nitrogen and oxygen atoms in total. The maximum Gasteiger partial charge on any atom is 0.128 e. The molecule has 104 valence electrons. The molecule has 1 fully saturated rings. The number of benzene rings is 1.